The third kappa shape index (κ3) is 2.27. The predicted molar refractivity (Wildman–Crippen MR) is 76.6 cm³/mol. The Bertz CT molecular complexity index is 708. The summed E-state index contributed by atoms with van der Waals surface area (Å²) in [5, 5.41) is 2.80. The molecule has 1 N–H and O–H groups in total. The summed E-state index contributed by atoms with van der Waals surface area (Å²) in [6.07, 6.45) is 0. The van der Waals surface area contributed by atoms with E-state index in [4.69, 9.17) is 0 Å². The summed E-state index contributed by atoms with van der Waals surface area (Å²) in [7, 11) is 0. The molecule has 0 atom stereocenters. The fourth-order valence-electron chi connectivity index (χ4n) is 2.32. The fourth-order valence-corrected chi connectivity index (χ4v) is 2.32. The highest BCUT2D eigenvalue weighted by Crippen LogP contribution is 2.23. The van der Waals surface area contributed by atoms with Crippen molar-refractivity contribution >= 4 is 17.5 Å². The fraction of sp³-hybridized carbons (Fsp3) is 0.125. The molecule has 3 rings (SSSR count). The Kier molecular flexibility index (Phi) is 3.17. The molecule has 0 aromatic heterocycles. The number of fused-ring (bicyclic) bond motifs is 1. The minimum Gasteiger partial charge on any atom is -0.365 e. The van der Waals surface area contributed by atoms with Crippen LogP contribution in [-0.2, 0) is 0 Å². The van der Waals surface area contributed by atoms with E-state index in [0.717, 1.165) is 10.5 Å². The smallest absolute Gasteiger partial charge is 0.263 e. The van der Waals surface area contributed by atoms with Crippen molar-refractivity contribution in [3.63, 3.8) is 0 Å². The van der Waals surface area contributed by atoms with Crippen molar-refractivity contribution in [3.05, 3.63) is 65.0 Å². The second kappa shape index (κ2) is 5.01. The average Bonchev–Trinajstić information content (AvgIpc) is 2.73. The Morgan fingerprint density at radius 2 is 1.67 bits per heavy atom. The van der Waals surface area contributed by atoms with E-state index in [1.807, 2.05) is 6.92 Å². The molecule has 2 aromatic carbocycles. The normalized spacial score (nSPS) is 13.5. The zero-order chi connectivity index (χ0) is 15.0. The number of nitrogens with one attached hydrogen (secondary N) is 1. The third-order valence-electron chi connectivity index (χ3n) is 3.43. The van der Waals surface area contributed by atoms with E-state index in [-0.39, 0.29) is 24.2 Å². The van der Waals surface area contributed by atoms with Gasteiger partial charge in [0.1, 0.15) is 5.82 Å². The number of rotatable bonds is 3. The number of halogens is 1. The van der Waals surface area contributed by atoms with Gasteiger partial charge in [-0.3, -0.25) is 14.5 Å². The van der Waals surface area contributed by atoms with E-state index < -0.39 is 5.82 Å². The lowest BCUT2D eigenvalue weighted by Gasteiger charge is -2.16. The first-order chi connectivity index (χ1) is 10.1. The highest BCUT2D eigenvalue weighted by Gasteiger charge is 2.34. The van der Waals surface area contributed by atoms with Crippen LogP contribution in [0, 0.1) is 12.7 Å². The molecule has 0 fully saturated rings. The molecule has 0 radical (unpaired) electrons. The van der Waals surface area contributed by atoms with Crippen LogP contribution in [0.25, 0.3) is 0 Å². The number of aryl methyl sites for hydroxylation is 1. The number of carbonyl (C=O) groups is 2. The second-order valence-electron chi connectivity index (χ2n) is 4.90. The van der Waals surface area contributed by atoms with Crippen LogP contribution in [-0.4, -0.2) is 23.4 Å². The number of hydrogen-bond donors (Lipinski definition) is 1. The summed E-state index contributed by atoms with van der Waals surface area (Å²) in [6, 6.07) is 11.3. The zero-order valence-corrected chi connectivity index (χ0v) is 11.4. The Morgan fingerprint density at radius 1 is 1.05 bits per heavy atom. The topological polar surface area (TPSA) is 49.4 Å². The van der Waals surface area contributed by atoms with Gasteiger partial charge in [-0.05, 0) is 36.8 Å². The van der Waals surface area contributed by atoms with Gasteiger partial charge in [-0.15, -0.1) is 0 Å². The van der Waals surface area contributed by atoms with Crippen LogP contribution < -0.4 is 5.32 Å². The van der Waals surface area contributed by atoms with E-state index in [1.54, 1.807) is 36.4 Å². The molecule has 106 valence electrons. The largest absolute Gasteiger partial charge is 0.365 e. The molecule has 0 unspecified atom stereocenters. The van der Waals surface area contributed by atoms with Gasteiger partial charge in [-0.25, -0.2) is 4.39 Å². The monoisotopic (exact) mass is 284 g/mol. The summed E-state index contributed by atoms with van der Waals surface area (Å²) in [5.41, 5.74) is 1.93. The quantitative estimate of drug-likeness (QED) is 0.882. The first-order valence-corrected chi connectivity index (χ1v) is 6.53. The van der Waals surface area contributed by atoms with E-state index in [0.29, 0.717) is 11.1 Å². The summed E-state index contributed by atoms with van der Waals surface area (Å²) in [4.78, 5) is 25.4. The van der Waals surface area contributed by atoms with E-state index in [2.05, 4.69) is 5.32 Å². The molecule has 0 bridgehead atoms. The molecule has 4 nitrogen and oxygen atoms in total. The molecule has 5 heteroatoms. The molecule has 0 saturated carbocycles. The summed E-state index contributed by atoms with van der Waals surface area (Å²) >= 11 is 0. The number of amides is 2. The molecule has 1 aliphatic heterocycles. The highest BCUT2D eigenvalue weighted by atomic mass is 19.1. The van der Waals surface area contributed by atoms with Crippen molar-refractivity contribution in [1.29, 1.82) is 0 Å². The van der Waals surface area contributed by atoms with Gasteiger partial charge in [0.05, 0.1) is 23.5 Å². The van der Waals surface area contributed by atoms with Crippen LogP contribution in [0.5, 0.6) is 0 Å². The number of hydrogen-bond acceptors (Lipinski definition) is 3. The van der Waals surface area contributed by atoms with Crippen LogP contribution in [0.2, 0.25) is 0 Å². The SMILES string of the molecule is Cc1ccc(F)c(NCN2C(=O)c3ccccc3C2=O)c1. The number of carbonyl (C=O) groups excluding carboxylic acids is 2. The number of anilines is 1. The van der Waals surface area contributed by atoms with Gasteiger partial charge in [0, 0.05) is 0 Å². The number of imide groups is 1. The summed E-state index contributed by atoms with van der Waals surface area (Å²) in [6.45, 7) is 1.78. The first kappa shape index (κ1) is 13.3. The lowest BCUT2D eigenvalue weighted by molar-refractivity contribution is 0.0665. The molecule has 0 saturated heterocycles. The molecule has 0 aliphatic carbocycles. The zero-order valence-electron chi connectivity index (χ0n) is 11.4. The molecule has 1 heterocycles. The third-order valence-corrected chi connectivity index (χ3v) is 3.43. The Morgan fingerprint density at radius 3 is 2.29 bits per heavy atom. The highest BCUT2D eigenvalue weighted by molar-refractivity contribution is 6.21. The van der Waals surface area contributed by atoms with Gasteiger partial charge in [-0.1, -0.05) is 18.2 Å². The maximum Gasteiger partial charge on any atom is 0.263 e. The first-order valence-electron chi connectivity index (χ1n) is 6.53. The van der Waals surface area contributed by atoms with Gasteiger partial charge in [0.25, 0.3) is 11.8 Å². The molecule has 2 aromatic rings. The molecular weight excluding hydrogens is 271 g/mol. The minimum atomic E-state index is -0.419. The van der Waals surface area contributed by atoms with Crippen LogP contribution in [0.4, 0.5) is 10.1 Å². The van der Waals surface area contributed by atoms with Crippen molar-refractivity contribution in [2.45, 2.75) is 6.92 Å². The summed E-state index contributed by atoms with van der Waals surface area (Å²) in [5.74, 6) is -1.15. The van der Waals surface area contributed by atoms with E-state index in [1.165, 1.54) is 6.07 Å². The lowest BCUT2D eigenvalue weighted by Crippen LogP contribution is -2.34. The van der Waals surface area contributed by atoms with Crippen LogP contribution in [0.1, 0.15) is 26.3 Å². The standard InChI is InChI=1S/C16H13FN2O2/c1-10-6-7-13(17)14(8-10)18-9-19-15(20)11-4-2-3-5-12(11)16(19)21/h2-8,18H,9H2,1H3. The van der Waals surface area contributed by atoms with Crippen molar-refractivity contribution in [3.8, 4) is 0 Å². The summed E-state index contributed by atoms with van der Waals surface area (Å²) < 4.78 is 13.6. The maximum atomic E-state index is 13.6. The second-order valence-corrected chi connectivity index (χ2v) is 4.90. The van der Waals surface area contributed by atoms with Gasteiger partial charge in [0.15, 0.2) is 0 Å². The van der Waals surface area contributed by atoms with E-state index in [9.17, 15) is 14.0 Å². The van der Waals surface area contributed by atoms with Gasteiger partial charge >= 0.3 is 0 Å². The Balaban J connectivity index is 1.80. The van der Waals surface area contributed by atoms with Gasteiger partial charge in [0.2, 0.25) is 0 Å². The number of nitrogens with zero attached hydrogens (tertiary/aromatic N) is 1. The molecule has 0 spiro atoms. The van der Waals surface area contributed by atoms with Crippen molar-refractivity contribution in [2.75, 3.05) is 12.0 Å². The van der Waals surface area contributed by atoms with Gasteiger partial charge < -0.3 is 5.32 Å². The Hall–Kier alpha value is -2.69. The minimum absolute atomic E-state index is 0.0628. The maximum absolute atomic E-state index is 13.6. The molecular formula is C16H13FN2O2. The Labute approximate surface area is 121 Å². The average molecular weight is 284 g/mol. The van der Waals surface area contributed by atoms with E-state index >= 15 is 0 Å². The predicted octanol–water partition coefficient (Wildman–Crippen LogP) is 2.80. The number of benzene rings is 2. The molecule has 21 heavy (non-hydrogen) atoms. The van der Waals surface area contributed by atoms with Crippen molar-refractivity contribution in [2.24, 2.45) is 0 Å². The van der Waals surface area contributed by atoms with Crippen LogP contribution >= 0.6 is 0 Å². The van der Waals surface area contributed by atoms with Crippen molar-refractivity contribution in [1.82, 2.24) is 4.90 Å². The van der Waals surface area contributed by atoms with Crippen LogP contribution in [0.15, 0.2) is 42.5 Å². The van der Waals surface area contributed by atoms with Crippen molar-refractivity contribution < 1.29 is 14.0 Å². The van der Waals surface area contributed by atoms with Gasteiger partial charge in [-0.2, -0.15) is 0 Å². The molecule has 2 amide bonds. The van der Waals surface area contributed by atoms with Crippen LogP contribution in [0.3, 0.4) is 0 Å². The lowest BCUT2D eigenvalue weighted by atomic mass is 10.1. The molecule has 1 aliphatic rings.